The predicted molar refractivity (Wildman–Crippen MR) is 107 cm³/mol. The molecular formula is C20H30ClNO5. The van der Waals surface area contributed by atoms with Crippen LogP contribution < -0.4 is 14.8 Å². The highest BCUT2D eigenvalue weighted by molar-refractivity contribution is 5.98. The zero-order valence-corrected chi connectivity index (χ0v) is 17.9. The first kappa shape index (κ1) is 25.1. The second-order valence-electron chi connectivity index (χ2n) is 7.84. The molecule has 0 fully saturated rings. The van der Waals surface area contributed by atoms with Gasteiger partial charge < -0.3 is 14.8 Å². The van der Waals surface area contributed by atoms with Crippen LogP contribution in [0.3, 0.4) is 0 Å². The topological polar surface area (TPSA) is 81.7 Å². The molecule has 152 valence electrons. The normalized spacial score (nSPS) is 11.1. The molecule has 7 heteroatoms. The number of carbonyl (C=O) groups is 3. The Balaban J connectivity index is 0.00000676. The van der Waals surface area contributed by atoms with Crippen LogP contribution in [0.25, 0.3) is 0 Å². The third-order valence-corrected chi connectivity index (χ3v) is 3.41. The van der Waals surface area contributed by atoms with Gasteiger partial charge >= 0.3 is 11.9 Å². The Labute approximate surface area is 167 Å². The van der Waals surface area contributed by atoms with Gasteiger partial charge in [0.25, 0.3) is 0 Å². The molecule has 1 aromatic rings. The lowest BCUT2D eigenvalue weighted by atomic mass is 10.1. The van der Waals surface area contributed by atoms with Crippen molar-refractivity contribution in [2.45, 2.75) is 54.0 Å². The van der Waals surface area contributed by atoms with Crippen LogP contribution in [-0.2, 0) is 9.59 Å². The Morgan fingerprint density at radius 2 is 1.41 bits per heavy atom. The van der Waals surface area contributed by atoms with Gasteiger partial charge in [0.15, 0.2) is 17.3 Å². The van der Waals surface area contributed by atoms with E-state index in [1.54, 1.807) is 33.8 Å². The molecule has 0 aliphatic rings. The molecule has 0 aliphatic heterocycles. The van der Waals surface area contributed by atoms with Crippen LogP contribution >= 0.6 is 12.4 Å². The lowest BCUT2D eigenvalue weighted by Gasteiger charge is -2.20. The molecule has 6 nitrogen and oxygen atoms in total. The Hall–Kier alpha value is -1.92. The lowest BCUT2D eigenvalue weighted by Crippen LogP contribution is -2.39. The van der Waals surface area contributed by atoms with Gasteiger partial charge in [-0.05, 0) is 39.0 Å². The van der Waals surface area contributed by atoms with Crippen molar-refractivity contribution in [1.29, 1.82) is 0 Å². The van der Waals surface area contributed by atoms with Crippen LogP contribution in [0, 0.1) is 11.8 Å². The maximum atomic E-state index is 12.4. The molecule has 0 radical (unpaired) electrons. The van der Waals surface area contributed by atoms with Gasteiger partial charge in [0, 0.05) is 11.1 Å². The molecule has 0 aromatic heterocycles. The van der Waals surface area contributed by atoms with Crippen LogP contribution in [-0.4, -0.2) is 29.8 Å². The minimum Gasteiger partial charge on any atom is -0.422 e. The summed E-state index contributed by atoms with van der Waals surface area (Å²) in [7, 11) is 0. The van der Waals surface area contributed by atoms with E-state index in [1.807, 2.05) is 20.8 Å². The zero-order valence-electron chi connectivity index (χ0n) is 17.0. The van der Waals surface area contributed by atoms with E-state index in [2.05, 4.69) is 5.32 Å². The van der Waals surface area contributed by atoms with Crippen molar-refractivity contribution in [3.05, 3.63) is 23.8 Å². The number of rotatable bonds is 7. The Bertz CT molecular complexity index is 677. The molecule has 0 heterocycles. The summed E-state index contributed by atoms with van der Waals surface area (Å²) in [6, 6.07) is 4.48. The summed E-state index contributed by atoms with van der Waals surface area (Å²) in [6.45, 7) is 12.8. The minimum absolute atomic E-state index is 0. The van der Waals surface area contributed by atoms with Gasteiger partial charge in [0.1, 0.15) is 0 Å². The molecule has 0 spiro atoms. The molecule has 0 atom stereocenters. The number of ether oxygens (including phenoxy) is 2. The molecule has 0 unspecified atom stereocenters. The number of nitrogens with one attached hydrogen (secondary N) is 1. The number of Topliss-reactive ketones (excluding diaryl/α,β-unsaturated/α-hetero) is 1. The quantitative estimate of drug-likeness (QED) is 0.426. The summed E-state index contributed by atoms with van der Waals surface area (Å²) in [5.74, 6) is -1.56. The maximum Gasteiger partial charge on any atom is 0.313 e. The number of hydrogen-bond acceptors (Lipinski definition) is 6. The fraction of sp³-hybridized carbons (Fsp3) is 0.550. The number of carbonyl (C=O) groups excluding carboxylic acids is 3. The van der Waals surface area contributed by atoms with E-state index in [4.69, 9.17) is 9.47 Å². The molecule has 1 N–H and O–H groups in total. The summed E-state index contributed by atoms with van der Waals surface area (Å²) in [5.41, 5.74) is 0.174. The average Bonchev–Trinajstić information content (AvgIpc) is 2.53. The summed E-state index contributed by atoms with van der Waals surface area (Å²) >= 11 is 0. The van der Waals surface area contributed by atoms with Gasteiger partial charge in [-0.3, -0.25) is 14.4 Å². The molecule has 27 heavy (non-hydrogen) atoms. The van der Waals surface area contributed by atoms with Gasteiger partial charge in [-0.15, -0.1) is 12.4 Å². The first-order chi connectivity index (χ1) is 11.9. The van der Waals surface area contributed by atoms with Crippen molar-refractivity contribution in [3.8, 4) is 11.5 Å². The van der Waals surface area contributed by atoms with Crippen molar-refractivity contribution < 1.29 is 23.9 Å². The number of halogens is 1. The van der Waals surface area contributed by atoms with E-state index in [-0.39, 0.29) is 53.6 Å². The predicted octanol–water partition coefficient (Wildman–Crippen LogP) is 3.80. The molecule has 1 aromatic carbocycles. The third kappa shape index (κ3) is 8.54. The Morgan fingerprint density at radius 1 is 0.926 bits per heavy atom. The summed E-state index contributed by atoms with van der Waals surface area (Å²) < 4.78 is 10.6. The number of hydrogen-bond donors (Lipinski definition) is 1. The zero-order chi connectivity index (χ0) is 20.1. The number of esters is 2. The van der Waals surface area contributed by atoms with Crippen LogP contribution in [0.15, 0.2) is 18.2 Å². The van der Waals surface area contributed by atoms with Crippen LogP contribution in [0.4, 0.5) is 0 Å². The first-order valence-corrected chi connectivity index (χ1v) is 8.76. The van der Waals surface area contributed by atoms with E-state index >= 15 is 0 Å². The minimum atomic E-state index is -0.468. The highest BCUT2D eigenvalue weighted by Gasteiger charge is 2.20. The fourth-order valence-electron chi connectivity index (χ4n) is 1.75. The summed E-state index contributed by atoms with van der Waals surface area (Å²) in [4.78, 5) is 36.2. The van der Waals surface area contributed by atoms with Crippen molar-refractivity contribution in [2.24, 2.45) is 11.8 Å². The largest absolute Gasteiger partial charge is 0.422 e. The maximum absolute atomic E-state index is 12.4. The second kappa shape index (κ2) is 10.4. The molecule has 1 rings (SSSR count). The van der Waals surface area contributed by atoms with Crippen molar-refractivity contribution in [1.82, 2.24) is 5.32 Å². The van der Waals surface area contributed by atoms with Gasteiger partial charge in [0.05, 0.1) is 18.4 Å². The monoisotopic (exact) mass is 399 g/mol. The van der Waals surface area contributed by atoms with Gasteiger partial charge in [-0.25, -0.2) is 0 Å². The Kier molecular flexibility index (Phi) is 9.68. The lowest BCUT2D eigenvalue weighted by molar-refractivity contribution is -0.140. The molecule has 0 bridgehead atoms. The second-order valence-corrected chi connectivity index (χ2v) is 7.84. The van der Waals surface area contributed by atoms with Crippen LogP contribution in [0.2, 0.25) is 0 Å². The molecular weight excluding hydrogens is 370 g/mol. The van der Waals surface area contributed by atoms with Crippen molar-refractivity contribution in [3.63, 3.8) is 0 Å². The van der Waals surface area contributed by atoms with Gasteiger partial charge in [0.2, 0.25) is 0 Å². The molecule has 0 aliphatic carbocycles. The van der Waals surface area contributed by atoms with E-state index in [0.29, 0.717) is 5.56 Å². The SMILES string of the molecule is CC(C)C(=O)Oc1ccc(C(=O)CNC(C)(C)C)cc1OC(=O)C(C)C.Cl. The van der Waals surface area contributed by atoms with Gasteiger partial charge in [-0.2, -0.15) is 0 Å². The molecule has 0 amide bonds. The first-order valence-electron chi connectivity index (χ1n) is 8.76. The smallest absolute Gasteiger partial charge is 0.313 e. The van der Waals surface area contributed by atoms with E-state index in [9.17, 15) is 14.4 Å². The van der Waals surface area contributed by atoms with Crippen molar-refractivity contribution >= 4 is 30.1 Å². The summed E-state index contributed by atoms with van der Waals surface area (Å²) in [5, 5.41) is 3.12. The van der Waals surface area contributed by atoms with Crippen LogP contribution in [0.1, 0.15) is 58.8 Å². The highest BCUT2D eigenvalue weighted by atomic mass is 35.5. The number of benzene rings is 1. The number of ketones is 1. The standard InChI is InChI=1S/C20H29NO5.ClH/c1-12(2)18(23)25-16-9-8-14(15(22)11-21-20(5,6)7)10-17(16)26-19(24)13(3)4;/h8-10,12-13,21H,11H2,1-7H3;1H. The molecule has 0 saturated heterocycles. The van der Waals surface area contributed by atoms with Gasteiger partial charge in [-0.1, -0.05) is 27.7 Å². The van der Waals surface area contributed by atoms with E-state index < -0.39 is 11.9 Å². The fourth-order valence-corrected chi connectivity index (χ4v) is 1.75. The highest BCUT2D eigenvalue weighted by Crippen LogP contribution is 2.30. The van der Waals surface area contributed by atoms with E-state index in [1.165, 1.54) is 12.1 Å². The molecule has 0 saturated carbocycles. The van der Waals surface area contributed by atoms with Crippen molar-refractivity contribution in [2.75, 3.05) is 6.54 Å². The average molecular weight is 400 g/mol. The third-order valence-electron chi connectivity index (χ3n) is 3.41. The summed E-state index contributed by atoms with van der Waals surface area (Å²) in [6.07, 6.45) is 0. The van der Waals surface area contributed by atoms with Crippen LogP contribution in [0.5, 0.6) is 11.5 Å². The van der Waals surface area contributed by atoms with E-state index in [0.717, 1.165) is 0 Å². The Morgan fingerprint density at radius 3 is 1.85 bits per heavy atom.